The van der Waals surface area contributed by atoms with Crippen LogP contribution in [-0.4, -0.2) is 21.1 Å². The van der Waals surface area contributed by atoms with Gasteiger partial charge in [-0.1, -0.05) is 0 Å². The molecule has 0 bridgehead atoms. The van der Waals surface area contributed by atoms with Crippen LogP contribution in [0.2, 0.25) is 0 Å². The largest absolute Gasteiger partial charge is 0.449 e. The Morgan fingerprint density at radius 1 is 1.47 bits per heavy atom. The van der Waals surface area contributed by atoms with Crippen LogP contribution in [0.25, 0.3) is 0 Å². The second kappa shape index (κ2) is 5.48. The summed E-state index contributed by atoms with van der Waals surface area (Å²) < 4.78 is 28.1. The van der Waals surface area contributed by atoms with Crippen molar-refractivity contribution in [3.05, 3.63) is 15.8 Å². The zero-order valence-electron chi connectivity index (χ0n) is 9.73. The van der Waals surface area contributed by atoms with Gasteiger partial charge in [0, 0.05) is 9.75 Å². The fraction of sp³-hybridized carbons (Fsp3) is 0.444. The van der Waals surface area contributed by atoms with Crippen LogP contribution in [0.3, 0.4) is 0 Å². The van der Waals surface area contributed by atoms with Crippen molar-refractivity contribution in [2.24, 2.45) is 0 Å². The molecule has 96 valence electrons. The molecule has 0 aliphatic carbocycles. The number of nitrogens with one attached hydrogen (secondary N) is 2. The Hall–Kier alpha value is -1.12. The molecule has 0 saturated carbocycles. The number of carbonyl (C=O) groups is 1. The van der Waals surface area contributed by atoms with E-state index in [4.69, 9.17) is 0 Å². The summed E-state index contributed by atoms with van der Waals surface area (Å²) in [6.07, 6.45) is -0.833. The molecule has 1 amide bonds. The van der Waals surface area contributed by atoms with E-state index in [1.807, 2.05) is 17.2 Å². The van der Waals surface area contributed by atoms with Crippen molar-refractivity contribution in [2.75, 3.05) is 6.61 Å². The molecule has 0 atom stereocenters. The summed E-state index contributed by atoms with van der Waals surface area (Å²) in [5.74, 6) is 0. The molecule has 0 unspecified atom stereocenters. The minimum Gasteiger partial charge on any atom is -0.449 e. The zero-order valence-corrected chi connectivity index (χ0v) is 11.4. The summed E-state index contributed by atoms with van der Waals surface area (Å²) in [7, 11) is -3.74. The van der Waals surface area contributed by atoms with Gasteiger partial charge in [0.1, 0.15) is 0 Å². The monoisotopic (exact) mass is 278 g/mol. The number of hydrogen-bond acceptors (Lipinski definition) is 5. The normalized spacial score (nSPS) is 11.2. The Labute approximate surface area is 104 Å². The molecule has 0 spiro atoms. The van der Waals surface area contributed by atoms with Gasteiger partial charge in [0.25, 0.3) is 10.0 Å². The Balaban J connectivity index is 2.76. The molecule has 0 fully saturated rings. The van der Waals surface area contributed by atoms with Gasteiger partial charge < -0.3 is 4.74 Å². The van der Waals surface area contributed by atoms with Crippen LogP contribution in [0, 0.1) is 13.8 Å². The number of hydrazine groups is 1. The third-order valence-electron chi connectivity index (χ3n) is 1.85. The quantitative estimate of drug-likeness (QED) is 0.813. The summed E-state index contributed by atoms with van der Waals surface area (Å²) >= 11 is 1.38. The van der Waals surface area contributed by atoms with Crippen LogP contribution in [0.4, 0.5) is 4.79 Å². The van der Waals surface area contributed by atoms with Crippen molar-refractivity contribution >= 4 is 27.5 Å². The van der Waals surface area contributed by atoms with Gasteiger partial charge in [0.05, 0.1) is 11.5 Å². The third-order valence-corrected chi connectivity index (χ3v) is 4.32. The van der Waals surface area contributed by atoms with Gasteiger partial charge in [-0.05, 0) is 26.8 Å². The highest BCUT2D eigenvalue weighted by molar-refractivity contribution is 7.89. The van der Waals surface area contributed by atoms with Gasteiger partial charge >= 0.3 is 6.09 Å². The first kappa shape index (κ1) is 13.9. The van der Waals surface area contributed by atoms with Crippen molar-refractivity contribution in [2.45, 2.75) is 25.7 Å². The molecule has 0 aromatic carbocycles. The van der Waals surface area contributed by atoms with Crippen LogP contribution >= 0.6 is 11.3 Å². The van der Waals surface area contributed by atoms with Crippen molar-refractivity contribution in [1.29, 1.82) is 0 Å². The van der Waals surface area contributed by atoms with E-state index in [1.54, 1.807) is 19.9 Å². The molecule has 0 radical (unpaired) electrons. The molecular formula is C9H14N2O4S2. The number of rotatable bonds is 4. The lowest BCUT2D eigenvalue weighted by Gasteiger charge is -2.07. The van der Waals surface area contributed by atoms with E-state index >= 15 is 0 Å². The average molecular weight is 278 g/mol. The molecule has 0 aliphatic rings. The number of hydrogen-bond donors (Lipinski definition) is 2. The average Bonchev–Trinajstić information content (AvgIpc) is 2.56. The lowest BCUT2D eigenvalue weighted by molar-refractivity contribution is 0.150. The van der Waals surface area contributed by atoms with Crippen LogP contribution in [0.1, 0.15) is 16.7 Å². The number of sulfonamides is 1. The van der Waals surface area contributed by atoms with Crippen LogP contribution in [-0.2, 0) is 14.8 Å². The summed E-state index contributed by atoms with van der Waals surface area (Å²) in [4.78, 5) is 14.6. The summed E-state index contributed by atoms with van der Waals surface area (Å²) in [5.41, 5.74) is 1.96. The number of aryl methyl sites for hydroxylation is 2. The van der Waals surface area contributed by atoms with Gasteiger partial charge in [0.2, 0.25) is 0 Å². The van der Waals surface area contributed by atoms with Crippen molar-refractivity contribution in [3.63, 3.8) is 0 Å². The first-order valence-electron chi connectivity index (χ1n) is 4.88. The van der Waals surface area contributed by atoms with E-state index in [-0.39, 0.29) is 11.5 Å². The molecule has 17 heavy (non-hydrogen) atoms. The smallest absolute Gasteiger partial charge is 0.422 e. The van der Waals surface area contributed by atoms with E-state index in [1.165, 1.54) is 11.3 Å². The Kier molecular flexibility index (Phi) is 4.49. The standard InChI is InChI=1S/C9H14N2O4S2/c1-4-15-9(12)10-11-17(13,14)8-5-6(2)16-7(8)3/h5,11H,4H2,1-3H3,(H,10,12). The fourth-order valence-electron chi connectivity index (χ4n) is 1.21. The molecule has 1 rings (SSSR count). The first-order chi connectivity index (χ1) is 7.86. The second-order valence-corrected chi connectivity index (χ2v) is 6.34. The summed E-state index contributed by atoms with van der Waals surface area (Å²) in [6.45, 7) is 5.32. The maximum atomic E-state index is 11.8. The number of amides is 1. The van der Waals surface area contributed by atoms with Gasteiger partial charge in [0.15, 0.2) is 0 Å². The Bertz CT molecular complexity index is 507. The predicted octanol–water partition coefficient (Wildman–Crippen LogP) is 1.30. The highest BCUT2D eigenvalue weighted by Gasteiger charge is 2.19. The maximum Gasteiger partial charge on any atom is 0.422 e. The van der Waals surface area contributed by atoms with Gasteiger partial charge in [-0.15, -0.1) is 16.2 Å². The Morgan fingerprint density at radius 2 is 2.12 bits per heavy atom. The molecule has 2 N–H and O–H groups in total. The fourth-order valence-corrected chi connectivity index (χ4v) is 3.59. The van der Waals surface area contributed by atoms with Gasteiger partial charge in [-0.3, -0.25) is 0 Å². The minimum absolute atomic E-state index is 0.164. The van der Waals surface area contributed by atoms with Crippen molar-refractivity contribution < 1.29 is 17.9 Å². The van der Waals surface area contributed by atoms with E-state index in [0.29, 0.717) is 4.88 Å². The molecular weight excluding hydrogens is 264 g/mol. The second-order valence-electron chi connectivity index (χ2n) is 3.23. The highest BCUT2D eigenvalue weighted by atomic mass is 32.2. The van der Waals surface area contributed by atoms with Crippen molar-refractivity contribution in [3.8, 4) is 0 Å². The molecule has 0 saturated heterocycles. The molecule has 1 aromatic rings. The third kappa shape index (κ3) is 3.69. The van der Waals surface area contributed by atoms with Crippen LogP contribution < -0.4 is 10.3 Å². The molecule has 1 heterocycles. The van der Waals surface area contributed by atoms with E-state index in [9.17, 15) is 13.2 Å². The molecule has 6 nitrogen and oxygen atoms in total. The topological polar surface area (TPSA) is 84.5 Å². The van der Waals surface area contributed by atoms with Gasteiger partial charge in [-0.2, -0.15) is 0 Å². The molecule has 8 heteroatoms. The molecule has 0 aliphatic heterocycles. The van der Waals surface area contributed by atoms with E-state index in [0.717, 1.165) is 4.88 Å². The number of carbonyl (C=O) groups excluding carboxylic acids is 1. The summed E-state index contributed by atoms with van der Waals surface area (Å²) in [5, 5.41) is 0. The van der Waals surface area contributed by atoms with Crippen molar-refractivity contribution in [1.82, 2.24) is 10.3 Å². The highest BCUT2D eigenvalue weighted by Crippen LogP contribution is 2.24. The SMILES string of the molecule is CCOC(=O)NNS(=O)(=O)c1cc(C)sc1C. The van der Waals surface area contributed by atoms with E-state index in [2.05, 4.69) is 4.74 Å². The number of thiophene rings is 1. The number of ether oxygens (including phenoxy) is 1. The molecule has 1 aromatic heterocycles. The Morgan fingerprint density at radius 3 is 2.59 bits per heavy atom. The lowest BCUT2D eigenvalue weighted by atomic mass is 10.4. The van der Waals surface area contributed by atoms with E-state index < -0.39 is 16.1 Å². The zero-order chi connectivity index (χ0) is 13.1. The van der Waals surface area contributed by atoms with Crippen LogP contribution in [0.5, 0.6) is 0 Å². The van der Waals surface area contributed by atoms with Gasteiger partial charge in [-0.25, -0.2) is 18.6 Å². The summed E-state index contributed by atoms with van der Waals surface area (Å²) in [6, 6.07) is 1.55. The predicted molar refractivity (Wildman–Crippen MR) is 64.3 cm³/mol. The maximum absolute atomic E-state index is 11.8. The lowest BCUT2D eigenvalue weighted by Crippen LogP contribution is -2.41. The first-order valence-corrected chi connectivity index (χ1v) is 7.18. The van der Waals surface area contributed by atoms with Crippen LogP contribution in [0.15, 0.2) is 11.0 Å². The minimum atomic E-state index is -3.74.